The molecule has 5 aliphatic carbocycles. The van der Waals surface area contributed by atoms with E-state index >= 15 is 0 Å². The molecular weight excluding hydrogens is 398 g/mol. The maximum Gasteiger partial charge on any atom is 0.0102 e. The fourth-order valence-electron chi connectivity index (χ4n) is 9.09. The summed E-state index contributed by atoms with van der Waals surface area (Å²) in [5.41, 5.74) is 0. The summed E-state index contributed by atoms with van der Waals surface area (Å²) < 4.78 is 0. The van der Waals surface area contributed by atoms with Gasteiger partial charge in [0.25, 0.3) is 0 Å². The lowest BCUT2D eigenvalue weighted by molar-refractivity contribution is 0.00811. The van der Waals surface area contributed by atoms with Gasteiger partial charge in [0.05, 0.1) is 0 Å². The summed E-state index contributed by atoms with van der Waals surface area (Å²) in [6.45, 7) is 4.98. The van der Waals surface area contributed by atoms with Crippen molar-refractivity contribution in [3.63, 3.8) is 0 Å². The van der Waals surface area contributed by atoms with Crippen LogP contribution in [0, 0.1) is 35.5 Å². The average Bonchev–Trinajstić information content (AvgIpc) is 2.86. The first kappa shape index (κ1) is 24.4. The van der Waals surface area contributed by atoms with Crippen LogP contribution in [0.2, 0.25) is 0 Å². The van der Waals surface area contributed by atoms with Crippen molar-refractivity contribution in [2.45, 2.75) is 154 Å². The molecule has 1 heteroatoms. The quantitative estimate of drug-likeness (QED) is 0.375. The van der Waals surface area contributed by atoms with Crippen LogP contribution in [0.1, 0.15) is 136 Å². The third-order valence-corrected chi connectivity index (χ3v) is 11.2. The Kier molecular flexibility index (Phi) is 8.59. The maximum absolute atomic E-state index is 3.16. The topological polar surface area (TPSA) is 3.24 Å². The van der Waals surface area contributed by atoms with Gasteiger partial charge in [-0.05, 0) is 125 Å². The molecule has 3 atom stereocenters. The number of hydrogen-bond donors (Lipinski definition) is 0. The average molecular weight is 454 g/mol. The first-order chi connectivity index (χ1) is 16.2. The zero-order valence-electron chi connectivity index (χ0n) is 22.2. The Morgan fingerprint density at radius 2 is 1.00 bits per heavy atom. The van der Waals surface area contributed by atoms with Crippen LogP contribution in [0.25, 0.3) is 0 Å². The number of nitrogens with zero attached hydrogens (tertiary/aromatic N) is 1. The van der Waals surface area contributed by atoms with Crippen molar-refractivity contribution in [2.24, 2.45) is 35.5 Å². The van der Waals surface area contributed by atoms with Crippen LogP contribution in [0.3, 0.4) is 0 Å². The Balaban J connectivity index is 1.17. The minimum Gasteiger partial charge on any atom is -0.294 e. The van der Waals surface area contributed by atoms with Crippen molar-refractivity contribution in [2.75, 3.05) is 0 Å². The summed E-state index contributed by atoms with van der Waals surface area (Å²) in [6, 6.07) is 2.70. The van der Waals surface area contributed by atoms with Gasteiger partial charge in [0.2, 0.25) is 0 Å². The van der Waals surface area contributed by atoms with Crippen molar-refractivity contribution >= 4 is 0 Å². The second kappa shape index (κ2) is 11.6. The molecule has 0 N–H and O–H groups in total. The van der Waals surface area contributed by atoms with Crippen LogP contribution in [0.5, 0.6) is 0 Å². The molecule has 0 aliphatic heterocycles. The zero-order valence-corrected chi connectivity index (χ0v) is 22.2. The molecule has 5 rings (SSSR count). The number of rotatable bonds is 5. The predicted octanol–water partition coefficient (Wildman–Crippen LogP) is 9.17. The molecule has 0 saturated heterocycles. The molecular formula is C32H55N. The van der Waals surface area contributed by atoms with Crippen molar-refractivity contribution < 1.29 is 0 Å². The first-order valence-corrected chi connectivity index (χ1v) is 15.6. The van der Waals surface area contributed by atoms with E-state index in [2.05, 4.69) is 30.9 Å². The van der Waals surface area contributed by atoms with Crippen molar-refractivity contribution in [1.29, 1.82) is 0 Å². The minimum absolute atomic E-state index is 0.879. The van der Waals surface area contributed by atoms with Gasteiger partial charge in [-0.3, -0.25) is 4.90 Å². The lowest BCUT2D eigenvalue weighted by atomic mass is 9.65. The largest absolute Gasteiger partial charge is 0.294 e. The van der Waals surface area contributed by atoms with Gasteiger partial charge in [-0.25, -0.2) is 0 Å². The van der Waals surface area contributed by atoms with E-state index in [0.29, 0.717) is 0 Å². The smallest absolute Gasteiger partial charge is 0.0102 e. The first-order valence-electron chi connectivity index (χ1n) is 15.6. The number of hydrogen-bond acceptors (Lipinski definition) is 1. The summed E-state index contributed by atoms with van der Waals surface area (Å²) in [5, 5.41) is 0. The third kappa shape index (κ3) is 6.10. The number of allylic oxidation sites excluding steroid dienone is 2. The normalized spacial score (nSPS) is 45.2. The second-order valence-corrected chi connectivity index (χ2v) is 13.5. The van der Waals surface area contributed by atoms with E-state index in [1.165, 1.54) is 122 Å². The molecule has 0 amide bonds. The molecule has 5 fully saturated rings. The van der Waals surface area contributed by atoms with Crippen LogP contribution >= 0.6 is 0 Å². The predicted molar refractivity (Wildman–Crippen MR) is 142 cm³/mol. The molecule has 0 bridgehead atoms. The van der Waals surface area contributed by atoms with Gasteiger partial charge < -0.3 is 0 Å². The maximum atomic E-state index is 3.16. The highest BCUT2D eigenvalue weighted by molar-refractivity contribution is 5.01. The van der Waals surface area contributed by atoms with E-state index in [0.717, 1.165) is 53.6 Å². The Morgan fingerprint density at radius 3 is 1.61 bits per heavy atom. The highest BCUT2D eigenvalue weighted by Gasteiger charge is 2.37. The summed E-state index contributed by atoms with van der Waals surface area (Å²) >= 11 is 0. The van der Waals surface area contributed by atoms with Crippen LogP contribution in [-0.4, -0.2) is 23.0 Å². The van der Waals surface area contributed by atoms with E-state index in [-0.39, 0.29) is 0 Å². The lowest BCUT2D eigenvalue weighted by Gasteiger charge is -2.49. The number of fused-ring (bicyclic) bond motifs is 1. The lowest BCUT2D eigenvalue weighted by Crippen LogP contribution is -2.52. The van der Waals surface area contributed by atoms with Gasteiger partial charge in [-0.2, -0.15) is 0 Å². The molecule has 188 valence electrons. The van der Waals surface area contributed by atoms with E-state index in [1.807, 2.05) is 0 Å². The standard InChI is InChI=1S/C32H55N/c1-24-10-18-29(19-11-24)33(30-20-12-25(2)13-21-30)31-22-15-26(16-23-31)14-17-28-8-5-7-27-6-3-4-9-32(27)28/h14,17,24-32H,3-13,15-16,18-23H2,1-2H3/b17-14+. The molecule has 33 heavy (non-hydrogen) atoms. The Hall–Kier alpha value is -0.300. The van der Waals surface area contributed by atoms with Crippen LogP contribution in [0.15, 0.2) is 12.2 Å². The molecule has 0 aromatic rings. The van der Waals surface area contributed by atoms with Gasteiger partial charge in [0.15, 0.2) is 0 Å². The zero-order chi connectivity index (χ0) is 22.6. The summed E-state index contributed by atoms with van der Waals surface area (Å²) in [4.78, 5) is 3.16. The SMILES string of the molecule is CC1CCC(N(C2CCC(C)CC2)C2CCC(/C=C/C3CCCC4CCCCC34)CC2)CC1. The summed E-state index contributed by atoms with van der Waals surface area (Å²) in [7, 11) is 0. The highest BCUT2D eigenvalue weighted by Crippen LogP contribution is 2.45. The molecule has 0 aromatic carbocycles. The summed E-state index contributed by atoms with van der Waals surface area (Å²) in [6.07, 6.45) is 33.8. The van der Waals surface area contributed by atoms with Crippen LogP contribution in [0.4, 0.5) is 0 Å². The van der Waals surface area contributed by atoms with Gasteiger partial charge >= 0.3 is 0 Å². The molecule has 0 heterocycles. The molecule has 3 unspecified atom stereocenters. The monoisotopic (exact) mass is 453 g/mol. The van der Waals surface area contributed by atoms with Crippen molar-refractivity contribution in [1.82, 2.24) is 4.90 Å². The van der Waals surface area contributed by atoms with Gasteiger partial charge in [-0.1, -0.05) is 58.1 Å². The fourth-order valence-corrected chi connectivity index (χ4v) is 9.09. The molecule has 1 nitrogen and oxygen atoms in total. The molecule has 0 spiro atoms. The van der Waals surface area contributed by atoms with E-state index in [1.54, 1.807) is 0 Å². The molecule has 5 aliphatic rings. The van der Waals surface area contributed by atoms with Crippen molar-refractivity contribution in [3.8, 4) is 0 Å². The highest BCUT2D eigenvalue weighted by atomic mass is 15.2. The second-order valence-electron chi connectivity index (χ2n) is 13.5. The minimum atomic E-state index is 0.879. The van der Waals surface area contributed by atoms with Crippen LogP contribution < -0.4 is 0 Å². The Morgan fingerprint density at radius 1 is 0.485 bits per heavy atom. The van der Waals surface area contributed by atoms with Crippen molar-refractivity contribution in [3.05, 3.63) is 12.2 Å². The summed E-state index contributed by atoms with van der Waals surface area (Å²) in [5.74, 6) is 5.86. The van der Waals surface area contributed by atoms with Crippen LogP contribution in [-0.2, 0) is 0 Å². The van der Waals surface area contributed by atoms with Gasteiger partial charge in [0, 0.05) is 18.1 Å². The molecule has 0 radical (unpaired) electrons. The third-order valence-electron chi connectivity index (χ3n) is 11.2. The van der Waals surface area contributed by atoms with E-state index < -0.39 is 0 Å². The molecule has 5 saturated carbocycles. The van der Waals surface area contributed by atoms with Gasteiger partial charge in [0.1, 0.15) is 0 Å². The van der Waals surface area contributed by atoms with E-state index in [9.17, 15) is 0 Å². The van der Waals surface area contributed by atoms with E-state index in [4.69, 9.17) is 0 Å². The molecule has 0 aromatic heterocycles. The Bertz CT molecular complexity index is 576. The fraction of sp³-hybridized carbons (Fsp3) is 0.938. The van der Waals surface area contributed by atoms with Gasteiger partial charge in [-0.15, -0.1) is 0 Å². The Labute approximate surface area is 206 Å².